The van der Waals surface area contributed by atoms with Crippen LogP contribution in [0.3, 0.4) is 0 Å². The van der Waals surface area contributed by atoms with Gasteiger partial charge in [-0.3, -0.25) is 0 Å². The molecule has 0 N–H and O–H groups in total. The predicted molar refractivity (Wildman–Crippen MR) is 101 cm³/mol. The first-order chi connectivity index (χ1) is 9.60. The van der Waals surface area contributed by atoms with E-state index in [0.717, 1.165) is 10.8 Å². The minimum absolute atomic E-state index is 0.171. The van der Waals surface area contributed by atoms with Crippen LogP contribution in [-0.4, -0.2) is 27.0 Å². The van der Waals surface area contributed by atoms with Gasteiger partial charge in [0.05, 0.1) is 24.2 Å². The van der Waals surface area contributed by atoms with Crippen LogP contribution in [0.2, 0.25) is 39.3 Å². The Labute approximate surface area is 132 Å². The van der Waals surface area contributed by atoms with Crippen molar-refractivity contribution in [3.8, 4) is 0 Å². The summed E-state index contributed by atoms with van der Waals surface area (Å²) >= 11 is 0. The van der Waals surface area contributed by atoms with E-state index in [1.54, 1.807) is 0 Å². The summed E-state index contributed by atoms with van der Waals surface area (Å²) in [7, 11) is -3.05. The molecular weight excluding hydrogens is 309 g/mol. The van der Waals surface area contributed by atoms with Crippen LogP contribution in [0.5, 0.6) is 0 Å². The first-order valence-electron chi connectivity index (χ1n) is 7.66. The fourth-order valence-corrected chi connectivity index (χ4v) is 23.1. The Morgan fingerprint density at radius 1 is 1.00 bits per heavy atom. The van der Waals surface area contributed by atoms with Crippen LogP contribution in [0.4, 0.5) is 0 Å². The largest absolute Gasteiger partial charge is 0.467 e. The van der Waals surface area contributed by atoms with E-state index in [-0.39, 0.29) is 5.85 Å². The zero-order valence-corrected chi connectivity index (χ0v) is 17.2. The van der Waals surface area contributed by atoms with Gasteiger partial charge in [-0.25, -0.2) is 4.76 Å². The minimum Gasteiger partial charge on any atom is -0.467 e. The Morgan fingerprint density at radius 3 is 2.00 bits per heavy atom. The summed E-state index contributed by atoms with van der Waals surface area (Å²) in [5.41, 5.74) is 1.30. The van der Waals surface area contributed by atoms with E-state index >= 15 is 0 Å². The molecule has 0 radical (unpaired) electrons. The SMILES string of the molecule is CC1=NP(C([Si](C)(C)C)[Si](C)(C)C)C(c2ccccc2)O1. The number of nitrogens with zero attached hydrogens (tertiary/aromatic N) is 1. The smallest absolute Gasteiger partial charge is 0.185 e. The molecule has 0 amide bonds. The van der Waals surface area contributed by atoms with Crippen LogP contribution in [0, 0.1) is 0 Å². The van der Waals surface area contributed by atoms with Crippen LogP contribution in [0.15, 0.2) is 35.1 Å². The van der Waals surface area contributed by atoms with Crippen molar-refractivity contribution in [1.29, 1.82) is 0 Å². The van der Waals surface area contributed by atoms with Crippen LogP contribution < -0.4 is 0 Å². The summed E-state index contributed by atoms with van der Waals surface area (Å²) in [6.45, 7) is 17.0. The third-order valence-corrected chi connectivity index (χ3v) is 20.4. The topological polar surface area (TPSA) is 21.6 Å². The molecule has 5 heteroatoms. The minimum atomic E-state index is -1.29. The van der Waals surface area contributed by atoms with E-state index in [2.05, 4.69) is 69.6 Å². The second-order valence-corrected chi connectivity index (χ2v) is 22.1. The molecule has 2 atom stereocenters. The third-order valence-electron chi connectivity index (χ3n) is 3.77. The van der Waals surface area contributed by atoms with Crippen molar-refractivity contribution < 1.29 is 4.74 Å². The lowest BCUT2D eigenvalue weighted by molar-refractivity contribution is 0.284. The molecule has 0 saturated heterocycles. The average Bonchev–Trinajstić information content (AvgIpc) is 2.68. The second-order valence-electron chi connectivity index (χ2n) is 8.01. The van der Waals surface area contributed by atoms with Crippen molar-refractivity contribution in [2.75, 3.05) is 0 Å². The Bertz CT molecular complexity index is 505. The highest BCUT2D eigenvalue weighted by Gasteiger charge is 2.48. The van der Waals surface area contributed by atoms with Gasteiger partial charge in [0, 0.05) is 6.92 Å². The van der Waals surface area contributed by atoms with Crippen molar-refractivity contribution in [3.63, 3.8) is 0 Å². The zero-order chi connectivity index (χ0) is 15.8. The molecule has 1 heterocycles. The maximum atomic E-state index is 6.15. The molecule has 1 aromatic rings. The molecule has 0 aliphatic carbocycles. The molecule has 2 unspecified atom stereocenters. The Hall–Kier alpha value is -0.446. The Balaban J connectivity index is 2.42. The van der Waals surface area contributed by atoms with Crippen LogP contribution >= 0.6 is 8.07 Å². The predicted octanol–water partition coefficient (Wildman–Crippen LogP) is 5.65. The lowest BCUT2D eigenvalue weighted by atomic mass is 10.2. The van der Waals surface area contributed by atoms with Crippen LogP contribution in [-0.2, 0) is 4.74 Å². The lowest BCUT2D eigenvalue weighted by Gasteiger charge is -2.42. The number of ether oxygens (including phenoxy) is 1. The summed E-state index contributed by atoms with van der Waals surface area (Å²) < 4.78 is 11.2. The number of hydrogen-bond donors (Lipinski definition) is 0. The maximum absolute atomic E-state index is 6.15. The average molecular weight is 338 g/mol. The summed E-state index contributed by atoms with van der Waals surface area (Å²) in [6.07, 6.45) is 0. The standard InChI is InChI=1S/C16H28NOPSi2/c1-13-17-19(16(20(2,3)4)21(5,6)7)15(18-13)14-11-9-8-10-12-14/h8-12,15-16H,1-7H3. The molecular formula is C16H28NOPSi2. The van der Waals surface area contributed by atoms with Crippen molar-refractivity contribution in [2.45, 2.75) is 57.0 Å². The van der Waals surface area contributed by atoms with Gasteiger partial charge < -0.3 is 4.74 Å². The summed E-state index contributed by atoms with van der Waals surface area (Å²) in [5.74, 6) is 1.06. The molecule has 1 aromatic carbocycles. The van der Waals surface area contributed by atoms with Crippen molar-refractivity contribution in [2.24, 2.45) is 4.76 Å². The molecule has 0 saturated carbocycles. The highest BCUT2D eigenvalue weighted by atomic mass is 31.1. The molecule has 2 rings (SSSR count). The molecule has 21 heavy (non-hydrogen) atoms. The molecule has 1 aliphatic heterocycles. The zero-order valence-electron chi connectivity index (χ0n) is 14.3. The molecule has 2 nitrogen and oxygen atoms in total. The van der Waals surface area contributed by atoms with Crippen LogP contribution in [0.25, 0.3) is 0 Å². The molecule has 0 aromatic heterocycles. The van der Waals surface area contributed by atoms with Crippen molar-refractivity contribution >= 4 is 30.1 Å². The first-order valence-corrected chi connectivity index (χ1v) is 16.2. The van der Waals surface area contributed by atoms with Gasteiger partial charge in [-0.05, 0) is 10.5 Å². The van der Waals surface area contributed by atoms with E-state index in [1.165, 1.54) is 5.56 Å². The monoisotopic (exact) mass is 337 g/mol. The molecule has 116 valence electrons. The van der Waals surface area contributed by atoms with E-state index < -0.39 is 24.2 Å². The molecule has 1 aliphatic rings. The normalized spacial score (nSPS) is 23.1. The van der Waals surface area contributed by atoms with Gasteiger partial charge in [-0.1, -0.05) is 69.6 Å². The first kappa shape index (κ1) is 16.9. The fraction of sp³-hybridized carbons (Fsp3) is 0.562. The summed E-state index contributed by atoms with van der Waals surface area (Å²) in [5, 5.41) is 0. The van der Waals surface area contributed by atoms with Gasteiger partial charge in [0.1, 0.15) is 0 Å². The van der Waals surface area contributed by atoms with E-state index in [4.69, 9.17) is 9.50 Å². The van der Waals surface area contributed by atoms with Gasteiger partial charge >= 0.3 is 0 Å². The van der Waals surface area contributed by atoms with E-state index in [0.29, 0.717) is 0 Å². The fourth-order valence-electron chi connectivity index (χ4n) is 3.58. The number of hydrogen-bond acceptors (Lipinski definition) is 2. The number of benzene rings is 1. The van der Waals surface area contributed by atoms with Gasteiger partial charge in [-0.15, -0.1) is 0 Å². The highest BCUT2D eigenvalue weighted by Crippen LogP contribution is 2.64. The molecule has 0 fully saturated rings. The highest BCUT2D eigenvalue weighted by molar-refractivity contribution is 7.64. The Kier molecular flexibility index (Phi) is 4.82. The molecule has 0 bridgehead atoms. The maximum Gasteiger partial charge on any atom is 0.185 e. The second kappa shape index (κ2) is 5.98. The van der Waals surface area contributed by atoms with Crippen LogP contribution in [0.1, 0.15) is 18.3 Å². The van der Waals surface area contributed by atoms with Crippen molar-refractivity contribution in [3.05, 3.63) is 35.9 Å². The van der Waals surface area contributed by atoms with E-state index in [1.807, 2.05) is 6.92 Å². The van der Waals surface area contributed by atoms with Gasteiger partial charge in [0.15, 0.2) is 11.7 Å². The molecule has 0 spiro atoms. The summed E-state index contributed by atoms with van der Waals surface area (Å²) in [4.78, 5) is 0.780. The Morgan fingerprint density at radius 2 is 1.52 bits per heavy atom. The lowest BCUT2D eigenvalue weighted by Crippen LogP contribution is -2.52. The quantitative estimate of drug-likeness (QED) is 0.513. The van der Waals surface area contributed by atoms with Crippen molar-refractivity contribution in [1.82, 2.24) is 0 Å². The number of rotatable bonds is 4. The van der Waals surface area contributed by atoms with Gasteiger partial charge in [0.2, 0.25) is 0 Å². The van der Waals surface area contributed by atoms with E-state index in [9.17, 15) is 0 Å². The van der Waals surface area contributed by atoms with Gasteiger partial charge in [0.25, 0.3) is 0 Å². The summed E-state index contributed by atoms with van der Waals surface area (Å²) in [6, 6.07) is 10.7. The third kappa shape index (κ3) is 3.85. The van der Waals surface area contributed by atoms with Gasteiger partial charge in [-0.2, -0.15) is 0 Å².